The monoisotopic (exact) mass is 243 g/mol. The molecule has 1 aromatic rings. The Bertz CT molecular complexity index is 312. The Morgan fingerprint density at radius 2 is 2.00 bits per heavy atom. The van der Waals surface area contributed by atoms with E-state index in [4.69, 9.17) is 5.11 Å². The summed E-state index contributed by atoms with van der Waals surface area (Å²) in [4.78, 5) is 6.73. The Morgan fingerprint density at radius 3 is 2.44 bits per heavy atom. The van der Waals surface area contributed by atoms with Crippen molar-refractivity contribution in [3.8, 4) is 0 Å². The zero-order chi connectivity index (χ0) is 12.1. The Labute approximate surface area is 101 Å². The highest BCUT2D eigenvalue weighted by Gasteiger charge is 2.16. The first-order chi connectivity index (χ1) is 7.56. The molecule has 0 unspecified atom stereocenters. The molecule has 0 saturated heterocycles. The molecule has 0 bridgehead atoms. The Morgan fingerprint density at radius 1 is 1.31 bits per heavy atom. The van der Waals surface area contributed by atoms with Gasteiger partial charge in [0.25, 0.3) is 0 Å². The third-order valence-corrected chi connectivity index (χ3v) is 3.14. The molecule has 0 aromatic carbocycles. The van der Waals surface area contributed by atoms with Crippen molar-refractivity contribution in [1.29, 1.82) is 0 Å². The maximum atomic E-state index is 8.88. The van der Waals surface area contributed by atoms with Crippen LogP contribution >= 0.6 is 11.5 Å². The fraction of sp³-hybridized carbons (Fsp3) is 0.818. The summed E-state index contributed by atoms with van der Waals surface area (Å²) in [6, 6.07) is 0.388. The summed E-state index contributed by atoms with van der Waals surface area (Å²) in [7, 11) is 0. The number of aliphatic hydroxyl groups is 1. The highest BCUT2D eigenvalue weighted by molar-refractivity contribution is 7.09. The number of anilines is 1. The second kappa shape index (κ2) is 6.15. The molecule has 0 fully saturated rings. The van der Waals surface area contributed by atoms with Crippen LogP contribution < -0.4 is 4.90 Å². The van der Waals surface area contributed by atoms with E-state index in [0.29, 0.717) is 12.0 Å². The van der Waals surface area contributed by atoms with Crippen LogP contribution in [0.15, 0.2) is 0 Å². The molecule has 1 N–H and O–H groups in total. The molecule has 0 saturated carbocycles. The first-order valence-electron chi connectivity index (χ1n) is 5.77. The fourth-order valence-electron chi connectivity index (χ4n) is 1.39. The van der Waals surface area contributed by atoms with E-state index < -0.39 is 0 Å². The van der Waals surface area contributed by atoms with E-state index in [2.05, 4.69) is 42.0 Å². The van der Waals surface area contributed by atoms with Gasteiger partial charge in [-0.05, 0) is 20.3 Å². The summed E-state index contributed by atoms with van der Waals surface area (Å²) < 4.78 is 4.35. The third-order valence-electron chi connectivity index (χ3n) is 2.37. The number of aromatic nitrogens is 2. The zero-order valence-corrected chi connectivity index (χ0v) is 11.3. The molecular weight excluding hydrogens is 222 g/mol. The Hall–Kier alpha value is -0.680. The highest BCUT2D eigenvalue weighted by atomic mass is 32.1. The standard InChI is InChI=1S/C11H21N3OS/c1-8(2)10-12-11(16-13-10)14(9(3)4)6-5-7-15/h8-9,15H,5-7H2,1-4H3. The minimum atomic E-state index is 0.221. The second-order valence-corrected chi connectivity index (χ2v) is 5.18. The van der Waals surface area contributed by atoms with Crippen molar-refractivity contribution in [2.45, 2.75) is 46.1 Å². The van der Waals surface area contributed by atoms with Crippen LogP contribution in [0.5, 0.6) is 0 Å². The second-order valence-electron chi connectivity index (χ2n) is 4.45. The molecule has 0 radical (unpaired) electrons. The number of aliphatic hydroxyl groups excluding tert-OH is 1. The molecule has 0 aliphatic heterocycles. The molecule has 1 heterocycles. The maximum Gasteiger partial charge on any atom is 0.205 e. The molecule has 16 heavy (non-hydrogen) atoms. The molecule has 0 aliphatic carbocycles. The molecule has 0 aliphatic rings. The van der Waals surface area contributed by atoms with Crippen molar-refractivity contribution in [2.75, 3.05) is 18.1 Å². The first-order valence-corrected chi connectivity index (χ1v) is 6.54. The zero-order valence-electron chi connectivity index (χ0n) is 10.5. The summed E-state index contributed by atoms with van der Waals surface area (Å²) in [5, 5.41) is 9.84. The van der Waals surface area contributed by atoms with Crippen LogP contribution in [0.2, 0.25) is 0 Å². The van der Waals surface area contributed by atoms with Gasteiger partial charge < -0.3 is 10.0 Å². The van der Waals surface area contributed by atoms with Gasteiger partial charge in [-0.25, -0.2) is 4.98 Å². The molecular formula is C11H21N3OS. The molecule has 4 nitrogen and oxygen atoms in total. The van der Waals surface area contributed by atoms with Crippen molar-refractivity contribution in [3.63, 3.8) is 0 Å². The third kappa shape index (κ3) is 3.42. The van der Waals surface area contributed by atoms with Crippen molar-refractivity contribution >= 4 is 16.7 Å². The van der Waals surface area contributed by atoms with Gasteiger partial charge in [-0.2, -0.15) is 4.37 Å². The van der Waals surface area contributed by atoms with Gasteiger partial charge in [0, 0.05) is 36.6 Å². The smallest absolute Gasteiger partial charge is 0.205 e. The van der Waals surface area contributed by atoms with Crippen LogP contribution in [-0.4, -0.2) is 33.7 Å². The number of hydrogen-bond acceptors (Lipinski definition) is 5. The van der Waals surface area contributed by atoms with Crippen LogP contribution in [0.1, 0.15) is 45.9 Å². The van der Waals surface area contributed by atoms with Gasteiger partial charge in [-0.15, -0.1) is 0 Å². The lowest BCUT2D eigenvalue weighted by molar-refractivity contribution is 0.288. The van der Waals surface area contributed by atoms with Crippen molar-refractivity contribution in [2.24, 2.45) is 0 Å². The summed E-state index contributed by atoms with van der Waals surface area (Å²) in [5.41, 5.74) is 0. The molecule has 92 valence electrons. The lowest BCUT2D eigenvalue weighted by atomic mass is 10.2. The van der Waals surface area contributed by atoms with Crippen LogP contribution in [0.3, 0.4) is 0 Å². The average molecular weight is 243 g/mol. The van der Waals surface area contributed by atoms with E-state index in [1.54, 1.807) is 0 Å². The topological polar surface area (TPSA) is 49.2 Å². The number of nitrogens with zero attached hydrogens (tertiary/aromatic N) is 3. The van der Waals surface area contributed by atoms with Crippen LogP contribution in [0.4, 0.5) is 5.13 Å². The van der Waals surface area contributed by atoms with Crippen molar-refractivity contribution in [1.82, 2.24) is 9.36 Å². The molecule has 1 aromatic heterocycles. The van der Waals surface area contributed by atoms with Crippen LogP contribution in [-0.2, 0) is 0 Å². The largest absolute Gasteiger partial charge is 0.396 e. The van der Waals surface area contributed by atoms with Crippen molar-refractivity contribution < 1.29 is 5.11 Å². The SMILES string of the molecule is CC(C)c1nsc(N(CCCO)C(C)C)n1. The van der Waals surface area contributed by atoms with E-state index in [-0.39, 0.29) is 6.61 Å². The summed E-state index contributed by atoms with van der Waals surface area (Å²) >= 11 is 1.45. The highest BCUT2D eigenvalue weighted by Crippen LogP contribution is 2.23. The molecule has 0 atom stereocenters. The first kappa shape index (κ1) is 13.4. The summed E-state index contributed by atoms with van der Waals surface area (Å²) in [6.45, 7) is 9.51. The molecule has 0 spiro atoms. The quantitative estimate of drug-likeness (QED) is 0.832. The van der Waals surface area contributed by atoms with Gasteiger partial charge in [0.15, 0.2) is 0 Å². The minimum absolute atomic E-state index is 0.221. The number of rotatable bonds is 6. The van der Waals surface area contributed by atoms with Gasteiger partial charge >= 0.3 is 0 Å². The Kier molecular flexibility index (Phi) is 5.15. The van der Waals surface area contributed by atoms with Gasteiger partial charge in [0.2, 0.25) is 5.13 Å². The lowest BCUT2D eigenvalue weighted by Crippen LogP contribution is -2.32. The van der Waals surface area contributed by atoms with E-state index >= 15 is 0 Å². The van der Waals surface area contributed by atoms with Gasteiger partial charge in [-0.3, -0.25) is 0 Å². The normalized spacial score (nSPS) is 11.4. The fourth-order valence-corrected chi connectivity index (χ4v) is 2.36. The van der Waals surface area contributed by atoms with Crippen molar-refractivity contribution in [3.05, 3.63) is 5.82 Å². The van der Waals surface area contributed by atoms with E-state index in [9.17, 15) is 0 Å². The average Bonchev–Trinajstić information content (AvgIpc) is 2.67. The molecule has 1 rings (SSSR count). The summed E-state index contributed by atoms with van der Waals surface area (Å²) in [5.74, 6) is 1.28. The van der Waals surface area contributed by atoms with Gasteiger partial charge in [0.05, 0.1) is 0 Å². The van der Waals surface area contributed by atoms with Crippen LogP contribution in [0.25, 0.3) is 0 Å². The lowest BCUT2D eigenvalue weighted by Gasteiger charge is -2.25. The summed E-state index contributed by atoms with van der Waals surface area (Å²) in [6.07, 6.45) is 0.773. The van der Waals surface area contributed by atoms with Crippen LogP contribution in [0, 0.1) is 0 Å². The van der Waals surface area contributed by atoms with E-state index in [1.165, 1.54) is 11.5 Å². The van der Waals surface area contributed by atoms with Gasteiger partial charge in [-0.1, -0.05) is 13.8 Å². The number of hydrogen-bond donors (Lipinski definition) is 1. The van der Waals surface area contributed by atoms with Gasteiger partial charge in [0.1, 0.15) is 5.82 Å². The molecule has 0 amide bonds. The predicted molar refractivity (Wildman–Crippen MR) is 68.2 cm³/mol. The minimum Gasteiger partial charge on any atom is -0.396 e. The predicted octanol–water partition coefficient (Wildman–Crippen LogP) is 2.26. The molecule has 5 heteroatoms. The van der Waals surface area contributed by atoms with E-state index in [0.717, 1.165) is 23.9 Å². The van der Waals surface area contributed by atoms with E-state index in [1.807, 2.05) is 0 Å². The Balaban J connectivity index is 2.76. The maximum absolute atomic E-state index is 8.88.